The summed E-state index contributed by atoms with van der Waals surface area (Å²) in [6.07, 6.45) is 6.08. The summed E-state index contributed by atoms with van der Waals surface area (Å²) in [7, 11) is 2.13. The van der Waals surface area contributed by atoms with E-state index in [4.69, 9.17) is 4.98 Å². The lowest BCUT2D eigenvalue weighted by Crippen LogP contribution is -2.12. The number of hydrogen-bond acceptors (Lipinski definition) is 2. The van der Waals surface area contributed by atoms with E-state index in [0.29, 0.717) is 17.6 Å². The topological polar surface area (TPSA) is 34.9 Å². The van der Waals surface area contributed by atoms with Crippen molar-refractivity contribution < 1.29 is 4.79 Å². The van der Waals surface area contributed by atoms with Gasteiger partial charge in [0.15, 0.2) is 0 Å². The van der Waals surface area contributed by atoms with E-state index >= 15 is 0 Å². The minimum atomic E-state index is 0.427. The molecule has 0 saturated heterocycles. The molecule has 0 amide bonds. The van der Waals surface area contributed by atoms with Crippen molar-refractivity contribution in [2.45, 2.75) is 50.4 Å². The fraction of sp³-hybridized carbons (Fsp3) is 0.529. The Morgan fingerprint density at radius 3 is 2.55 bits per heavy atom. The van der Waals surface area contributed by atoms with Crippen LogP contribution in [0, 0.1) is 0 Å². The normalized spacial score (nSPS) is 20.8. The minimum Gasteiger partial charge on any atom is -0.331 e. The van der Waals surface area contributed by atoms with Crippen molar-refractivity contribution >= 4 is 16.8 Å². The second kappa shape index (κ2) is 4.44. The van der Waals surface area contributed by atoms with E-state index in [-0.39, 0.29) is 0 Å². The molecule has 2 aliphatic rings. The smallest absolute Gasteiger partial charge is 0.132 e. The molecule has 0 unspecified atom stereocenters. The van der Waals surface area contributed by atoms with Gasteiger partial charge in [-0.15, -0.1) is 0 Å². The average molecular weight is 268 g/mol. The molecule has 0 atom stereocenters. The third kappa shape index (κ3) is 1.96. The molecule has 1 heterocycles. The highest BCUT2D eigenvalue weighted by Crippen LogP contribution is 2.40. The number of ketones is 1. The summed E-state index contributed by atoms with van der Waals surface area (Å²) < 4.78 is 2.25. The molecular formula is C17H20N2O. The molecule has 2 aliphatic carbocycles. The van der Waals surface area contributed by atoms with Crippen LogP contribution < -0.4 is 0 Å². The van der Waals surface area contributed by atoms with Crippen LogP contribution in [0.25, 0.3) is 11.0 Å². The molecule has 2 saturated carbocycles. The van der Waals surface area contributed by atoms with Crippen LogP contribution in [-0.2, 0) is 11.8 Å². The van der Waals surface area contributed by atoms with Crippen molar-refractivity contribution in [2.75, 3.05) is 0 Å². The van der Waals surface area contributed by atoms with Gasteiger partial charge in [0.05, 0.1) is 11.0 Å². The number of fused-ring (bicyclic) bond motifs is 1. The molecule has 0 spiro atoms. The van der Waals surface area contributed by atoms with E-state index < -0.39 is 0 Å². The number of hydrogen-bond donors (Lipinski definition) is 0. The maximum absolute atomic E-state index is 11.4. The van der Waals surface area contributed by atoms with Crippen molar-refractivity contribution in [3.8, 4) is 0 Å². The molecule has 0 bridgehead atoms. The van der Waals surface area contributed by atoms with Gasteiger partial charge in [-0.05, 0) is 49.3 Å². The number of carbonyl (C=O) groups is 1. The Hall–Kier alpha value is -1.64. The molecule has 4 rings (SSSR count). The van der Waals surface area contributed by atoms with Gasteiger partial charge in [0, 0.05) is 25.8 Å². The number of Topliss-reactive ketones (excluding diaryl/α,β-unsaturated/α-hetero) is 1. The van der Waals surface area contributed by atoms with Crippen LogP contribution in [0.5, 0.6) is 0 Å². The summed E-state index contributed by atoms with van der Waals surface area (Å²) in [6, 6.07) is 6.70. The van der Waals surface area contributed by atoms with Gasteiger partial charge in [-0.3, -0.25) is 4.79 Å². The van der Waals surface area contributed by atoms with Crippen LogP contribution in [-0.4, -0.2) is 15.3 Å². The van der Waals surface area contributed by atoms with Crippen LogP contribution in [0.3, 0.4) is 0 Å². The molecule has 3 nitrogen and oxygen atoms in total. The van der Waals surface area contributed by atoms with Gasteiger partial charge in [-0.2, -0.15) is 0 Å². The number of benzene rings is 1. The van der Waals surface area contributed by atoms with Crippen molar-refractivity contribution in [1.29, 1.82) is 0 Å². The summed E-state index contributed by atoms with van der Waals surface area (Å²) >= 11 is 0. The van der Waals surface area contributed by atoms with Crippen molar-refractivity contribution in [3.63, 3.8) is 0 Å². The van der Waals surface area contributed by atoms with Crippen LogP contribution in [0.15, 0.2) is 18.2 Å². The van der Waals surface area contributed by atoms with Crippen LogP contribution in [0.1, 0.15) is 61.7 Å². The highest BCUT2D eigenvalue weighted by Gasteiger charge is 2.29. The summed E-state index contributed by atoms with van der Waals surface area (Å²) in [6.45, 7) is 0. The molecular weight excluding hydrogens is 248 g/mol. The van der Waals surface area contributed by atoms with Crippen LogP contribution >= 0.6 is 0 Å². The van der Waals surface area contributed by atoms with Crippen LogP contribution in [0.4, 0.5) is 0 Å². The predicted octanol–water partition coefficient (Wildman–Crippen LogP) is 3.68. The van der Waals surface area contributed by atoms with Gasteiger partial charge in [-0.1, -0.05) is 6.07 Å². The number of imidazole rings is 1. The van der Waals surface area contributed by atoms with Gasteiger partial charge in [0.1, 0.15) is 11.6 Å². The van der Waals surface area contributed by atoms with E-state index in [1.807, 2.05) is 0 Å². The molecule has 1 aromatic heterocycles. The maximum atomic E-state index is 11.4. The Kier molecular flexibility index (Phi) is 2.69. The quantitative estimate of drug-likeness (QED) is 0.832. The Morgan fingerprint density at radius 1 is 1.10 bits per heavy atom. The maximum Gasteiger partial charge on any atom is 0.132 e. The fourth-order valence-electron chi connectivity index (χ4n) is 3.47. The number of aryl methyl sites for hydroxylation is 1. The van der Waals surface area contributed by atoms with Crippen LogP contribution in [0.2, 0.25) is 0 Å². The first kappa shape index (κ1) is 12.1. The van der Waals surface area contributed by atoms with Gasteiger partial charge in [-0.25, -0.2) is 4.98 Å². The molecule has 2 aromatic rings. The van der Waals surface area contributed by atoms with E-state index in [2.05, 4.69) is 29.8 Å². The Morgan fingerprint density at radius 2 is 1.85 bits per heavy atom. The van der Waals surface area contributed by atoms with E-state index in [0.717, 1.165) is 31.2 Å². The van der Waals surface area contributed by atoms with Crippen molar-refractivity contribution in [3.05, 3.63) is 29.6 Å². The molecule has 3 heteroatoms. The average Bonchev–Trinajstić information content (AvgIpc) is 3.25. The highest BCUT2D eigenvalue weighted by atomic mass is 16.1. The highest BCUT2D eigenvalue weighted by molar-refractivity contribution is 5.80. The third-order valence-corrected chi connectivity index (χ3v) is 4.90. The molecule has 1 aromatic carbocycles. The van der Waals surface area contributed by atoms with Gasteiger partial charge in [0.25, 0.3) is 0 Å². The third-order valence-electron chi connectivity index (χ3n) is 4.90. The molecule has 104 valence electrons. The second-order valence-corrected chi connectivity index (χ2v) is 6.36. The first-order valence-electron chi connectivity index (χ1n) is 7.70. The SMILES string of the molecule is Cn1c(C2CC2)nc2cc(C3CCC(=O)CC3)ccc21. The van der Waals surface area contributed by atoms with E-state index in [1.165, 1.54) is 29.7 Å². The summed E-state index contributed by atoms with van der Waals surface area (Å²) in [5, 5.41) is 0. The number of rotatable bonds is 2. The monoisotopic (exact) mass is 268 g/mol. The van der Waals surface area contributed by atoms with Gasteiger partial charge >= 0.3 is 0 Å². The lowest BCUT2D eigenvalue weighted by Gasteiger charge is -2.21. The largest absolute Gasteiger partial charge is 0.331 e. The summed E-state index contributed by atoms with van der Waals surface area (Å²) in [5.41, 5.74) is 3.73. The molecule has 0 N–H and O–H groups in total. The number of aromatic nitrogens is 2. The van der Waals surface area contributed by atoms with Crippen molar-refractivity contribution in [2.24, 2.45) is 7.05 Å². The lowest BCUT2D eigenvalue weighted by molar-refractivity contribution is -0.120. The van der Waals surface area contributed by atoms with Crippen molar-refractivity contribution in [1.82, 2.24) is 9.55 Å². The molecule has 20 heavy (non-hydrogen) atoms. The van der Waals surface area contributed by atoms with E-state index in [1.54, 1.807) is 0 Å². The summed E-state index contributed by atoms with van der Waals surface area (Å²) in [5.74, 6) is 2.90. The Balaban J connectivity index is 1.69. The summed E-state index contributed by atoms with van der Waals surface area (Å²) in [4.78, 5) is 16.2. The van der Waals surface area contributed by atoms with E-state index in [9.17, 15) is 4.79 Å². The van der Waals surface area contributed by atoms with Gasteiger partial charge in [0.2, 0.25) is 0 Å². The minimum absolute atomic E-state index is 0.427. The Labute approximate surface area is 119 Å². The first-order chi connectivity index (χ1) is 9.72. The zero-order chi connectivity index (χ0) is 13.7. The molecule has 2 fully saturated rings. The first-order valence-corrected chi connectivity index (χ1v) is 7.70. The Bertz CT molecular complexity index is 672. The standard InChI is InChI=1S/C17H20N2O/c1-19-16-9-6-13(11-4-7-14(20)8-5-11)10-15(16)18-17(19)12-2-3-12/h6,9-12H,2-5,7-8H2,1H3. The zero-order valence-corrected chi connectivity index (χ0v) is 11.9. The molecule has 0 aliphatic heterocycles. The van der Waals surface area contributed by atoms with Gasteiger partial charge < -0.3 is 4.57 Å². The fourth-order valence-corrected chi connectivity index (χ4v) is 3.47. The lowest BCUT2D eigenvalue weighted by atomic mass is 9.83. The number of nitrogens with zero attached hydrogens (tertiary/aromatic N) is 2. The number of carbonyl (C=O) groups excluding carboxylic acids is 1. The zero-order valence-electron chi connectivity index (χ0n) is 11.9. The second-order valence-electron chi connectivity index (χ2n) is 6.36. The molecule has 0 radical (unpaired) electrons. The predicted molar refractivity (Wildman–Crippen MR) is 78.9 cm³/mol.